The summed E-state index contributed by atoms with van der Waals surface area (Å²) in [5, 5.41) is 3.77. The van der Waals surface area contributed by atoms with E-state index in [0.29, 0.717) is 5.54 Å². The summed E-state index contributed by atoms with van der Waals surface area (Å²) in [6.45, 7) is 13.4. The second kappa shape index (κ2) is 7.24. The van der Waals surface area contributed by atoms with Crippen molar-refractivity contribution in [3.63, 3.8) is 0 Å². The van der Waals surface area contributed by atoms with Crippen LogP contribution >= 0.6 is 0 Å². The number of rotatable bonds is 5. The molecule has 0 amide bonds. The molecule has 2 saturated heterocycles. The fourth-order valence-electron chi connectivity index (χ4n) is 3.73. The van der Waals surface area contributed by atoms with Gasteiger partial charge in [0.2, 0.25) is 0 Å². The first-order valence-corrected chi connectivity index (χ1v) is 8.74. The van der Waals surface area contributed by atoms with Crippen molar-refractivity contribution in [3.8, 4) is 0 Å². The van der Waals surface area contributed by atoms with Crippen molar-refractivity contribution >= 4 is 0 Å². The number of hydrogen-bond acceptors (Lipinski definition) is 3. The van der Waals surface area contributed by atoms with Crippen molar-refractivity contribution in [2.75, 3.05) is 39.8 Å². The standard InChI is InChI=1S/C17H35N3/c1-5-16-13-18-17(3,6-2)14-20(16)12-9-15-7-10-19(4)11-8-15/h15-16,18H,5-14H2,1-4H3. The van der Waals surface area contributed by atoms with Crippen LogP contribution in [0, 0.1) is 5.92 Å². The summed E-state index contributed by atoms with van der Waals surface area (Å²) in [6.07, 6.45) is 6.73. The van der Waals surface area contributed by atoms with Gasteiger partial charge in [-0.05, 0) is 71.6 Å². The van der Waals surface area contributed by atoms with Crippen LogP contribution in [0.15, 0.2) is 0 Å². The van der Waals surface area contributed by atoms with E-state index in [-0.39, 0.29) is 0 Å². The molecule has 20 heavy (non-hydrogen) atoms. The molecular weight excluding hydrogens is 246 g/mol. The topological polar surface area (TPSA) is 18.5 Å². The molecule has 2 atom stereocenters. The lowest BCUT2D eigenvalue weighted by Crippen LogP contribution is -2.62. The minimum absolute atomic E-state index is 0.332. The van der Waals surface area contributed by atoms with Gasteiger partial charge in [0.25, 0.3) is 0 Å². The van der Waals surface area contributed by atoms with Crippen molar-refractivity contribution in [3.05, 3.63) is 0 Å². The van der Waals surface area contributed by atoms with Crippen LogP contribution in [0.4, 0.5) is 0 Å². The third-order valence-electron chi connectivity index (χ3n) is 5.75. The van der Waals surface area contributed by atoms with Gasteiger partial charge in [-0.1, -0.05) is 13.8 Å². The largest absolute Gasteiger partial charge is 0.309 e. The van der Waals surface area contributed by atoms with Crippen molar-refractivity contribution in [2.45, 2.75) is 64.5 Å². The summed E-state index contributed by atoms with van der Waals surface area (Å²) < 4.78 is 0. The van der Waals surface area contributed by atoms with E-state index >= 15 is 0 Å². The Balaban J connectivity index is 1.82. The third-order valence-corrected chi connectivity index (χ3v) is 5.75. The number of hydrogen-bond donors (Lipinski definition) is 1. The molecule has 2 fully saturated rings. The number of nitrogens with one attached hydrogen (secondary N) is 1. The zero-order valence-corrected chi connectivity index (χ0v) is 14.1. The fourth-order valence-corrected chi connectivity index (χ4v) is 3.73. The van der Waals surface area contributed by atoms with Crippen molar-refractivity contribution in [1.82, 2.24) is 15.1 Å². The fraction of sp³-hybridized carbons (Fsp3) is 1.00. The Hall–Kier alpha value is -0.120. The van der Waals surface area contributed by atoms with Gasteiger partial charge in [0.15, 0.2) is 0 Å². The maximum atomic E-state index is 3.77. The highest BCUT2D eigenvalue weighted by molar-refractivity contribution is 4.94. The number of piperazine rings is 1. The maximum absolute atomic E-state index is 3.77. The summed E-state index contributed by atoms with van der Waals surface area (Å²) in [5.41, 5.74) is 0.332. The van der Waals surface area contributed by atoms with Crippen LogP contribution in [-0.4, -0.2) is 61.2 Å². The van der Waals surface area contributed by atoms with Crippen LogP contribution in [0.5, 0.6) is 0 Å². The van der Waals surface area contributed by atoms with Crippen molar-refractivity contribution < 1.29 is 0 Å². The van der Waals surface area contributed by atoms with E-state index in [2.05, 4.69) is 42.9 Å². The SMILES string of the molecule is CCC1CNC(C)(CC)CN1CCC1CCN(C)CC1. The van der Waals surface area contributed by atoms with Crippen LogP contribution in [0.1, 0.15) is 52.9 Å². The van der Waals surface area contributed by atoms with Crippen LogP contribution in [-0.2, 0) is 0 Å². The van der Waals surface area contributed by atoms with Crippen molar-refractivity contribution in [1.29, 1.82) is 0 Å². The molecule has 0 radical (unpaired) electrons. The summed E-state index contributed by atoms with van der Waals surface area (Å²) in [6, 6.07) is 0.751. The Labute approximate surface area is 126 Å². The zero-order valence-electron chi connectivity index (χ0n) is 14.1. The van der Waals surface area contributed by atoms with E-state index in [1.54, 1.807) is 0 Å². The van der Waals surface area contributed by atoms with Gasteiger partial charge >= 0.3 is 0 Å². The molecule has 0 bridgehead atoms. The molecule has 0 aromatic heterocycles. The smallest absolute Gasteiger partial charge is 0.0278 e. The van der Waals surface area contributed by atoms with E-state index < -0.39 is 0 Å². The molecule has 3 heteroatoms. The van der Waals surface area contributed by atoms with E-state index in [1.807, 2.05) is 0 Å². The van der Waals surface area contributed by atoms with Crippen LogP contribution in [0.2, 0.25) is 0 Å². The quantitative estimate of drug-likeness (QED) is 0.835. The highest BCUT2D eigenvalue weighted by Gasteiger charge is 2.33. The predicted octanol–water partition coefficient (Wildman–Crippen LogP) is 2.57. The summed E-state index contributed by atoms with van der Waals surface area (Å²) in [5.74, 6) is 0.964. The molecule has 118 valence electrons. The van der Waals surface area contributed by atoms with Gasteiger partial charge in [0.05, 0.1) is 0 Å². The molecule has 2 heterocycles. The minimum Gasteiger partial charge on any atom is -0.309 e. The second-order valence-corrected chi connectivity index (χ2v) is 7.36. The van der Waals surface area contributed by atoms with Gasteiger partial charge in [-0.3, -0.25) is 4.90 Å². The van der Waals surface area contributed by atoms with Crippen LogP contribution in [0.25, 0.3) is 0 Å². The highest BCUT2D eigenvalue weighted by Crippen LogP contribution is 2.24. The Morgan fingerprint density at radius 2 is 1.90 bits per heavy atom. The molecule has 2 aliphatic rings. The number of likely N-dealkylation sites (tertiary alicyclic amines) is 1. The zero-order chi connectivity index (χ0) is 14.6. The third kappa shape index (κ3) is 4.19. The molecule has 2 unspecified atom stereocenters. The van der Waals surface area contributed by atoms with E-state index in [9.17, 15) is 0 Å². The van der Waals surface area contributed by atoms with E-state index in [4.69, 9.17) is 0 Å². The number of piperidine rings is 1. The Morgan fingerprint density at radius 1 is 1.20 bits per heavy atom. The lowest BCUT2D eigenvalue weighted by molar-refractivity contribution is 0.0722. The van der Waals surface area contributed by atoms with Gasteiger partial charge in [0.1, 0.15) is 0 Å². The lowest BCUT2D eigenvalue weighted by Gasteiger charge is -2.46. The van der Waals surface area contributed by atoms with Gasteiger partial charge in [-0.25, -0.2) is 0 Å². The molecule has 3 nitrogen and oxygen atoms in total. The van der Waals surface area contributed by atoms with Gasteiger partial charge in [-0.15, -0.1) is 0 Å². The first-order valence-electron chi connectivity index (χ1n) is 8.74. The summed E-state index contributed by atoms with van der Waals surface area (Å²) in [4.78, 5) is 5.25. The Kier molecular flexibility index (Phi) is 5.88. The highest BCUT2D eigenvalue weighted by atomic mass is 15.2. The molecule has 1 N–H and O–H groups in total. The molecule has 2 aliphatic heterocycles. The van der Waals surface area contributed by atoms with Gasteiger partial charge < -0.3 is 10.2 Å². The van der Waals surface area contributed by atoms with Crippen molar-refractivity contribution in [2.24, 2.45) is 5.92 Å². The average Bonchev–Trinajstić information content (AvgIpc) is 2.47. The monoisotopic (exact) mass is 281 g/mol. The molecule has 2 rings (SSSR count). The average molecular weight is 281 g/mol. The number of nitrogens with zero attached hydrogens (tertiary/aromatic N) is 2. The second-order valence-electron chi connectivity index (χ2n) is 7.36. The molecule has 0 aliphatic carbocycles. The minimum atomic E-state index is 0.332. The normalized spacial score (nSPS) is 34.5. The van der Waals surface area contributed by atoms with E-state index in [1.165, 1.54) is 64.8 Å². The van der Waals surface area contributed by atoms with Gasteiger partial charge in [-0.2, -0.15) is 0 Å². The molecular formula is C17H35N3. The maximum Gasteiger partial charge on any atom is 0.0278 e. The predicted molar refractivity (Wildman–Crippen MR) is 87.2 cm³/mol. The van der Waals surface area contributed by atoms with E-state index in [0.717, 1.165) is 12.0 Å². The van der Waals surface area contributed by atoms with Crippen LogP contribution in [0.3, 0.4) is 0 Å². The molecule has 0 aromatic carbocycles. The summed E-state index contributed by atoms with van der Waals surface area (Å²) >= 11 is 0. The first-order chi connectivity index (χ1) is 9.56. The molecule has 0 aromatic rings. The molecule has 0 saturated carbocycles. The Morgan fingerprint density at radius 3 is 2.50 bits per heavy atom. The summed E-state index contributed by atoms with van der Waals surface area (Å²) in [7, 11) is 2.26. The first kappa shape index (κ1) is 16.3. The lowest BCUT2D eigenvalue weighted by atomic mass is 9.90. The van der Waals surface area contributed by atoms with Crippen LogP contribution < -0.4 is 5.32 Å². The molecule has 0 spiro atoms. The van der Waals surface area contributed by atoms with Gasteiger partial charge in [0, 0.05) is 24.7 Å². The Bertz CT molecular complexity index is 286.